The summed E-state index contributed by atoms with van der Waals surface area (Å²) in [6, 6.07) is 17.8. The summed E-state index contributed by atoms with van der Waals surface area (Å²) < 4.78 is 40.6. The summed E-state index contributed by atoms with van der Waals surface area (Å²) in [7, 11) is 1.73. The molecule has 59 heavy (non-hydrogen) atoms. The lowest BCUT2D eigenvalue weighted by atomic mass is 9.92. The predicted octanol–water partition coefficient (Wildman–Crippen LogP) is 11.1. The van der Waals surface area contributed by atoms with Crippen LogP contribution in [0.3, 0.4) is 0 Å². The number of hydrogen-bond donors (Lipinski definition) is 0. The van der Waals surface area contributed by atoms with Crippen molar-refractivity contribution in [3.63, 3.8) is 0 Å². The predicted molar refractivity (Wildman–Crippen MR) is 222 cm³/mol. The Hall–Kier alpha value is -6.55. The van der Waals surface area contributed by atoms with Crippen molar-refractivity contribution in [3.05, 3.63) is 120 Å². The number of rotatable bonds is 7. The van der Waals surface area contributed by atoms with Crippen LogP contribution < -0.4 is 0 Å². The van der Waals surface area contributed by atoms with Crippen LogP contribution in [-0.2, 0) is 19.4 Å². The van der Waals surface area contributed by atoms with E-state index < -0.39 is 6.43 Å². The SMILES string of the molecule is CC.CC(C)(C)Cc1ncc(-c2ccc(C#N)nc2-c2ccn3ccnc3c2)o1.CN1Cc2ccc(-c3nc(C(F)F)ccc3-c3cnc(CC(C)(C)C)o3)cc2C1=O. The zero-order valence-corrected chi connectivity index (χ0v) is 34.8. The number of nitriles is 1. The molecule has 304 valence electrons. The Morgan fingerprint density at radius 2 is 1.36 bits per heavy atom. The molecule has 7 aromatic rings. The van der Waals surface area contributed by atoms with Crippen molar-refractivity contribution in [2.24, 2.45) is 10.8 Å². The fraction of sp³-hybridized carbons (Fsp3) is 0.326. The van der Waals surface area contributed by atoms with Crippen molar-refractivity contribution in [3.8, 4) is 51.2 Å². The van der Waals surface area contributed by atoms with E-state index in [-0.39, 0.29) is 22.4 Å². The van der Waals surface area contributed by atoms with Gasteiger partial charge in [-0.1, -0.05) is 67.5 Å². The first kappa shape index (κ1) is 42.1. The third-order valence-corrected chi connectivity index (χ3v) is 9.19. The number of alkyl halides is 2. The zero-order chi connectivity index (χ0) is 42.6. The van der Waals surface area contributed by atoms with Gasteiger partial charge in [-0.05, 0) is 58.9 Å². The minimum atomic E-state index is -2.70. The van der Waals surface area contributed by atoms with Gasteiger partial charge in [0.05, 0.1) is 23.8 Å². The average molecular weight is 799 g/mol. The largest absolute Gasteiger partial charge is 0.441 e. The van der Waals surface area contributed by atoms with Gasteiger partial charge in [0, 0.05) is 72.8 Å². The molecule has 0 fully saturated rings. The van der Waals surface area contributed by atoms with Crippen LogP contribution in [-0.4, -0.2) is 47.2 Å². The normalized spacial score (nSPS) is 12.5. The van der Waals surface area contributed by atoms with Crippen LogP contribution in [0.5, 0.6) is 0 Å². The van der Waals surface area contributed by atoms with E-state index in [1.165, 1.54) is 6.07 Å². The van der Waals surface area contributed by atoms with E-state index in [1.54, 1.807) is 54.8 Å². The number of fused-ring (bicyclic) bond motifs is 2. The molecule has 0 unspecified atom stereocenters. The molecule has 0 aliphatic carbocycles. The number of hydrogen-bond acceptors (Lipinski definition) is 9. The standard InChI is InChI=1S/C23H23F2N3O2.C21H19N5O.C2H6/c1-23(2,3)10-19-26-11-18(30-19)15-7-8-17(21(24)25)27-20(15)13-5-6-14-12-28(4)22(29)16(14)9-13;1-21(2,3)11-19-24-13-17(27-19)16-5-4-15(12-22)25-20(16)14-6-8-26-9-7-23-18(26)10-14;1-2/h5-9,11,21H,10,12H2,1-4H3;4-10,13H,11H2,1-3H3;1-2H3. The number of carbonyl (C=O) groups is 1. The second-order valence-corrected chi connectivity index (χ2v) is 16.5. The highest BCUT2D eigenvalue weighted by atomic mass is 19.3. The molecular weight excluding hydrogens is 751 g/mol. The summed E-state index contributed by atoms with van der Waals surface area (Å²) in [6.45, 7) is 17.2. The van der Waals surface area contributed by atoms with E-state index in [1.807, 2.05) is 54.9 Å². The Kier molecular flexibility index (Phi) is 12.2. The van der Waals surface area contributed by atoms with Crippen LogP contribution in [0.25, 0.3) is 50.8 Å². The molecule has 6 aromatic heterocycles. The number of amides is 1. The molecule has 0 N–H and O–H groups in total. The van der Waals surface area contributed by atoms with E-state index in [0.29, 0.717) is 70.0 Å². The minimum absolute atomic E-state index is 0.00485. The van der Waals surface area contributed by atoms with E-state index >= 15 is 0 Å². The van der Waals surface area contributed by atoms with Gasteiger partial charge in [0.2, 0.25) is 0 Å². The maximum Gasteiger partial charge on any atom is 0.280 e. The lowest BCUT2D eigenvalue weighted by molar-refractivity contribution is 0.0816. The number of carbonyl (C=O) groups excluding carboxylic acids is 1. The molecule has 7 heterocycles. The third-order valence-electron chi connectivity index (χ3n) is 9.19. The number of pyridine rings is 3. The van der Waals surface area contributed by atoms with Gasteiger partial charge < -0.3 is 18.1 Å². The Labute approximate surface area is 342 Å². The van der Waals surface area contributed by atoms with Crippen LogP contribution in [0, 0.1) is 22.2 Å². The van der Waals surface area contributed by atoms with Crippen molar-refractivity contribution in [2.45, 2.75) is 81.2 Å². The van der Waals surface area contributed by atoms with Crippen LogP contribution in [0.2, 0.25) is 0 Å². The summed E-state index contributed by atoms with van der Waals surface area (Å²) >= 11 is 0. The fourth-order valence-corrected chi connectivity index (χ4v) is 6.55. The Balaban J connectivity index is 0.000000191. The molecule has 0 saturated carbocycles. The maximum atomic E-state index is 13.4. The topological polar surface area (TPSA) is 139 Å². The van der Waals surface area contributed by atoms with Gasteiger partial charge in [0.1, 0.15) is 23.1 Å². The van der Waals surface area contributed by atoms with Crippen molar-refractivity contribution >= 4 is 11.6 Å². The summed E-state index contributed by atoms with van der Waals surface area (Å²) in [6.07, 6.45) is 7.55. The fourth-order valence-electron chi connectivity index (χ4n) is 6.55. The van der Waals surface area contributed by atoms with Crippen LogP contribution in [0.1, 0.15) is 101 Å². The molecule has 0 radical (unpaired) electrons. The average Bonchev–Trinajstić information content (AvgIpc) is 4.02. The van der Waals surface area contributed by atoms with E-state index in [0.717, 1.165) is 28.8 Å². The van der Waals surface area contributed by atoms with Gasteiger partial charge in [0.15, 0.2) is 23.3 Å². The Bertz CT molecular complexity index is 2640. The molecule has 1 aliphatic heterocycles. The summed E-state index contributed by atoms with van der Waals surface area (Å²) in [5.41, 5.74) is 6.23. The highest BCUT2D eigenvalue weighted by Crippen LogP contribution is 2.37. The first-order valence-electron chi connectivity index (χ1n) is 19.5. The van der Waals surface area contributed by atoms with Gasteiger partial charge in [-0.3, -0.25) is 4.79 Å². The lowest BCUT2D eigenvalue weighted by Crippen LogP contribution is -2.17. The second-order valence-electron chi connectivity index (χ2n) is 16.5. The summed E-state index contributed by atoms with van der Waals surface area (Å²) in [5, 5.41) is 9.28. The van der Waals surface area contributed by atoms with E-state index in [2.05, 4.69) is 72.5 Å². The maximum absolute atomic E-state index is 13.4. The molecule has 11 nitrogen and oxygen atoms in total. The van der Waals surface area contributed by atoms with Gasteiger partial charge in [-0.2, -0.15) is 5.26 Å². The van der Waals surface area contributed by atoms with Crippen molar-refractivity contribution in [2.75, 3.05) is 7.05 Å². The van der Waals surface area contributed by atoms with Crippen LogP contribution >= 0.6 is 0 Å². The number of benzene rings is 1. The number of oxazole rings is 2. The van der Waals surface area contributed by atoms with Crippen molar-refractivity contribution in [1.29, 1.82) is 5.26 Å². The molecule has 0 atom stereocenters. The molecule has 0 bridgehead atoms. The van der Waals surface area contributed by atoms with Crippen LogP contribution in [0.4, 0.5) is 8.78 Å². The molecule has 1 amide bonds. The molecular formula is C46H48F2N8O3. The highest BCUT2D eigenvalue weighted by Gasteiger charge is 2.27. The van der Waals surface area contributed by atoms with Gasteiger partial charge >= 0.3 is 0 Å². The summed E-state index contributed by atoms with van der Waals surface area (Å²) in [5.74, 6) is 2.28. The molecule has 0 spiro atoms. The third kappa shape index (κ3) is 9.77. The quantitative estimate of drug-likeness (QED) is 0.154. The molecule has 0 saturated heterocycles. The zero-order valence-electron chi connectivity index (χ0n) is 34.8. The first-order chi connectivity index (χ1) is 28.0. The second kappa shape index (κ2) is 17.1. The number of imidazole rings is 1. The highest BCUT2D eigenvalue weighted by molar-refractivity contribution is 5.99. The Morgan fingerprint density at radius 1 is 0.763 bits per heavy atom. The van der Waals surface area contributed by atoms with Crippen molar-refractivity contribution < 1.29 is 22.4 Å². The molecule has 1 aromatic carbocycles. The summed E-state index contributed by atoms with van der Waals surface area (Å²) in [4.78, 5) is 35.9. The van der Waals surface area contributed by atoms with Crippen molar-refractivity contribution in [1.82, 2.24) is 34.2 Å². The first-order valence-corrected chi connectivity index (χ1v) is 19.5. The minimum Gasteiger partial charge on any atom is -0.441 e. The lowest BCUT2D eigenvalue weighted by Gasteiger charge is -2.14. The van der Waals surface area contributed by atoms with Gasteiger partial charge in [-0.25, -0.2) is 33.7 Å². The molecule has 1 aliphatic rings. The van der Waals surface area contributed by atoms with Crippen LogP contribution in [0.15, 0.2) is 94.4 Å². The monoisotopic (exact) mass is 798 g/mol. The molecule has 13 heteroatoms. The smallest absolute Gasteiger partial charge is 0.280 e. The number of nitrogens with zero attached hydrogens (tertiary/aromatic N) is 8. The number of halogens is 2. The number of aromatic nitrogens is 6. The van der Waals surface area contributed by atoms with E-state index in [9.17, 15) is 18.8 Å². The molecule has 8 rings (SSSR count). The van der Waals surface area contributed by atoms with E-state index in [4.69, 9.17) is 8.83 Å². The Morgan fingerprint density at radius 3 is 1.95 bits per heavy atom. The van der Waals surface area contributed by atoms with Gasteiger partial charge in [0.25, 0.3) is 12.3 Å². The van der Waals surface area contributed by atoms with Gasteiger partial charge in [-0.15, -0.1) is 0 Å².